The number of fused-ring (bicyclic) bond motifs is 1. The molecular weight excluding hydrogens is 328 g/mol. The quantitative estimate of drug-likeness (QED) is 0.293. The Bertz CT molecular complexity index is 947. The van der Waals surface area contributed by atoms with Gasteiger partial charge in [0.1, 0.15) is 23.9 Å². The van der Waals surface area contributed by atoms with E-state index in [4.69, 9.17) is 16.0 Å². The van der Waals surface area contributed by atoms with Gasteiger partial charge in [-0.3, -0.25) is 9.81 Å². The highest BCUT2D eigenvalue weighted by Gasteiger charge is 2.17. The normalized spacial score (nSPS) is 10.9. The fraction of sp³-hybridized carbons (Fsp3) is 0.176. The average Bonchev–Trinajstić information content (AvgIpc) is 2.89. The largest absolute Gasteiger partial charge is 0.485 e. The summed E-state index contributed by atoms with van der Waals surface area (Å²) in [5.41, 5.74) is 4.48. The lowest BCUT2D eigenvalue weighted by molar-refractivity contribution is 0.294. The molecule has 0 unspecified atom stereocenters. The molecule has 0 spiro atoms. The van der Waals surface area contributed by atoms with Gasteiger partial charge in [0.15, 0.2) is 17.2 Å². The van der Waals surface area contributed by atoms with Gasteiger partial charge in [0.05, 0.1) is 11.3 Å². The van der Waals surface area contributed by atoms with Crippen LogP contribution >= 0.6 is 0 Å². The lowest BCUT2D eigenvalue weighted by Gasteiger charge is -2.11. The molecule has 0 fully saturated rings. The molecule has 2 heterocycles. The number of imidazole rings is 1. The maximum atomic E-state index is 13.8. The van der Waals surface area contributed by atoms with Crippen LogP contribution in [-0.4, -0.2) is 15.2 Å². The number of aromatic nitrogens is 2. The summed E-state index contributed by atoms with van der Waals surface area (Å²) in [5, 5.41) is 7.91. The molecule has 3 aromatic rings. The highest BCUT2D eigenvalue weighted by molar-refractivity contribution is 5.96. The molecule has 4 N–H and O–H groups in total. The first kappa shape index (κ1) is 16.8. The zero-order valence-electron chi connectivity index (χ0n) is 13.7. The predicted molar refractivity (Wildman–Crippen MR) is 89.5 cm³/mol. The minimum atomic E-state index is -0.669. The Morgan fingerprint density at radius 1 is 1.32 bits per heavy atom. The molecule has 6 nitrogen and oxygen atoms in total. The lowest BCUT2D eigenvalue weighted by Crippen LogP contribution is -2.31. The van der Waals surface area contributed by atoms with Crippen LogP contribution in [0.5, 0.6) is 5.75 Å². The summed E-state index contributed by atoms with van der Waals surface area (Å²) in [6.07, 6.45) is 1.78. The minimum absolute atomic E-state index is 0.00157. The Kier molecular flexibility index (Phi) is 4.37. The smallest absolute Gasteiger partial charge is 0.180 e. The van der Waals surface area contributed by atoms with Crippen LogP contribution in [0.4, 0.5) is 8.78 Å². The maximum Gasteiger partial charge on any atom is 0.180 e. The molecular formula is C17H17F2N5O. The van der Waals surface area contributed by atoms with Gasteiger partial charge in [-0.1, -0.05) is 6.07 Å². The number of hydrogen-bond acceptors (Lipinski definition) is 4. The van der Waals surface area contributed by atoms with Crippen molar-refractivity contribution >= 4 is 11.5 Å². The number of benzene rings is 1. The van der Waals surface area contributed by atoms with Crippen molar-refractivity contribution in [2.24, 2.45) is 5.84 Å². The van der Waals surface area contributed by atoms with Gasteiger partial charge in [0, 0.05) is 6.20 Å². The molecule has 2 aromatic heterocycles. The molecule has 0 aliphatic carbocycles. The van der Waals surface area contributed by atoms with Crippen molar-refractivity contribution in [3.05, 3.63) is 64.6 Å². The van der Waals surface area contributed by atoms with E-state index in [0.717, 1.165) is 5.56 Å². The Morgan fingerprint density at radius 2 is 2.00 bits per heavy atom. The molecule has 0 radical (unpaired) electrons. The van der Waals surface area contributed by atoms with E-state index in [1.165, 1.54) is 18.2 Å². The fourth-order valence-electron chi connectivity index (χ4n) is 2.65. The Hall–Kier alpha value is -3.00. The van der Waals surface area contributed by atoms with Crippen molar-refractivity contribution in [1.29, 1.82) is 5.41 Å². The number of pyridine rings is 1. The van der Waals surface area contributed by atoms with Crippen molar-refractivity contribution in [2.45, 2.75) is 20.5 Å². The molecule has 3 rings (SSSR count). The standard InChI is InChI=1S/C17H17F2N5O/c1-9-6-14(25-8-11-12(18)4-3-5-13(11)19)17-22-10(2)15(16(20)23-21)24(17)7-9/h3-7H,8,21H2,1-2H3,(H2,20,23). The molecule has 0 aliphatic rings. The molecule has 0 saturated carbocycles. The van der Waals surface area contributed by atoms with Crippen molar-refractivity contribution in [3.8, 4) is 5.75 Å². The third kappa shape index (κ3) is 3.03. The average molecular weight is 345 g/mol. The number of rotatable bonds is 4. The molecule has 8 heteroatoms. The van der Waals surface area contributed by atoms with Crippen molar-refractivity contribution < 1.29 is 13.5 Å². The Labute approximate surface area is 142 Å². The first-order valence-corrected chi connectivity index (χ1v) is 7.53. The van der Waals surface area contributed by atoms with Gasteiger partial charge in [-0.15, -0.1) is 0 Å². The SMILES string of the molecule is Cc1cc(OCc2c(F)cccc2F)c2nc(C)c(C(=N)NN)n2c1. The zero-order chi connectivity index (χ0) is 18.1. The maximum absolute atomic E-state index is 13.8. The predicted octanol–water partition coefficient (Wildman–Crippen LogP) is 2.60. The Balaban J connectivity index is 2.04. The second-order valence-corrected chi connectivity index (χ2v) is 5.63. The number of aryl methyl sites for hydroxylation is 2. The zero-order valence-corrected chi connectivity index (χ0v) is 13.7. The number of hydrazine groups is 1. The summed E-state index contributed by atoms with van der Waals surface area (Å²) in [4.78, 5) is 4.39. The second kappa shape index (κ2) is 6.48. The summed E-state index contributed by atoms with van der Waals surface area (Å²) in [6, 6.07) is 5.39. The van der Waals surface area contributed by atoms with E-state index in [0.29, 0.717) is 22.8 Å². The van der Waals surface area contributed by atoms with Crippen LogP contribution < -0.4 is 16.0 Å². The van der Waals surface area contributed by atoms with Crippen LogP contribution in [0.2, 0.25) is 0 Å². The van der Waals surface area contributed by atoms with Crippen molar-refractivity contribution in [1.82, 2.24) is 14.8 Å². The van der Waals surface area contributed by atoms with Gasteiger partial charge < -0.3 is 10.2 Å². The van der Waals surface area contributed by atoms with E-state index >= 15 is 0 Å². The molecule has 0 atom stereocenters. The van der Waals surface area contributed by atoms with Crippen molar-refractivity contribution in [2.75, 3.05) is 0 Å². The number of hydrogen-bond donors (Lipinski definition) is 3. The van der Waals surface area contributed by atoms with Crippen LogP contribution in [0.25, 0.3) is 5.65 Å². The van der Waals surface area contributed by atoms with Crippen LogP contribution in [0.3, 0.4) is 0 Å². The van der Waals surface area contributed by atoms with Gasteiger partial charge in [-0.05, 0) is 37.6 Å². The van der Waals surface area contributed by atoms with Crippen LogP contribution in [-0.2, 0) is 6.61 Å². The number of nitrogens with one attached hydrogen (secondary N) is 2. The number of ether oxygens (including phenoxy) is 1. The summed E-state index contributed by atoms with van der Waals surface area (Å²) >= 11 is 0. The van der Waals surface area contributed by atoms with E-state index in [9.17, 15) is 8.78 Å². The van der Waals surface area contributed by atoms with Gasteiger partial charge in [-0.25, -0.2) is 19.6 Å². The van der Waals surface area contributed by atoms with Crippen molar-refractivity contribution in [3.63, 3.8) is 0 Å². The fourth-order valence-corrected chi connectivity index (χ4v) is 2.65. The molecule has 0 amide bonds. The summed E-state index contributed by atoms with van der Waals surface area (Å²) in [7, 11) is 0. The molecule has 130 valence electrons. The molecule has 1 aromatic carbocycles. The number of nitrogens with two attached hydrogens (primary N) is 1. The van der Waals surface area contributed by atoms with Crippen LogP contribution in [0.15, 0.2) is 30.5 Å². The van der Waals surface area contributed by atoms with Gasteiger partial charge >= 0.3 is 0 Å². The first-order valence-electron chi connectivity index (χ1n) is 7.53. The molecule has 25 heavy (non-hydrogen) atoms. The van der Waals surface area contributed by atoms with Gasteiger partial charge in [0.2, 0.25) is 0 Å². The number of nitrogens with zero attached hydrogens (tertiary/aromatic N) is 2. The van der Waals surface area contributed by atoms with Crippen LogP contribution in [0, 0.1) is 30.9 Å². The van der Waals surface area contributed by atoms with Crippen LogP contribution in [0.1, 0.15) is 22.5 Å². The number of amidine groups is 1. The van der Waals surface area contributed by atoms with E-state index in [-0.39, 0.29) is 18.0 Å². The van der Waals surface area contributed by atoms with Gasteiger partial charge in [-0.2, -0.15) is 0 Å². The Morgan fingerprint density at radius 3 is 2.64 bits per heavy atom. The monoisotopic (exact) mass is 345 g/mol. The third-order valence-electron chi connectivity index (χ3n) is 3.81. The third-order valence-corrected chi connectivity index (χ3v) is 3.81. The highest BCUT2D eigenvalue weighted by Crippen LogP contribution is 2.25. The summed E-state index contributed by atoms with van der Waals surface area (Å²) < 4.78 is 34.9. The second-order valence-electron chi connectivity index (χ2n) is 5.63. The molecule has 0 bridgehead atoms. The number of halogens is 2. The highest BCUT2D eigenvalue weighted by atomic mass is 19.1. The first-order chi connectivity index (χ1) is 11.9. The topological polar surface area (TPSA) is 88.4 Å². The van der Waals surface area contributed by atoms with E-state index in [2.05, 4.69) is 10.4 Å². The molecule has 0 saturated heterocycles. The van der Waals surface area contributed by atoms with E-state index in [1.807, 2.05) is 6.92 Å². The summed E-state index contributed by atoms with van der Waals surface area (Å²) in [6.45, 7) is 3.31. The summed E-state index contributed by atoms with van der Waals surface area (Å²) in [5.74, 6) is 4.36. The minimum Gasteiger partial charge on any atom is -0.485 e. The lowest BCUT2D eigenvalue weighted by atomic mass is 10.2. The van der Waals surface area contributed by atoms with Gasteiger partial charge in [0.25, 0.3) is 0 Å². The van der Waals surface area contributed by atoms with E-state index in [1.54, 1.807) is 23.6 Å². The molecule has 0 aliphatic heterocycles. The van der Waals surface area contributed by atoms with E-state index < -0.39 is 11.6 Å².